The quantitative estimate of drug-likeness (QED) is 0.805. The van der Waals surface area contributed by atoms with Gasteiger partial charge in [0.15, 0.2) is 0 Å². The molecule has 3 heterocycles. The molecule has 9 heteroatoms. The summed E-state index contributed by atoms with van der Waals surface area (Å²) in [5.41, 5.74) is 0.857. The zero-order valence-corrected chi connectivity index (χ0v) is 12.6. The topological polar surface area (TPSA) is 95.9 Å². The molecule has 3 rings (SSSR count). The number of hydrogen-bond donors (Lipinski definition) is 2. The summed E-state index contributed by atoms with van der Waals surface area (Å²) in [6, 6.07) is 1.68. The largest absolute Gasteiger partial charge is 0.363 e. The Balaban J connectivity index is 1.79. The van der Waals surface area contributed by atoms with E-state index in [9.17, 15) is 8.42 Å². The van der Waals surface area contributed by atoms with Crippen LogP contribution in [0, 0.1) is 0 Å². The molecule has 8 nitrogen and oxygen atoms in total. The van der Waals surface area contributed by atoms with Gasteiger partial charge in [-0.25, -0.2) is 8.42 Å². The third kappa shape index (κ3) is 2.71. The predicted molar refractivity (Wildman–Crippen MR) is 75.8 cm³/mol. The normalized spacial score (nSPS) is 16.0. The van der Waals surface area contributed by atoms with Crippen LogP contribution in [0.25, 0.3) is 0 Å². The average molecular weight is 310 g/mol. The molecule has 0 unspecified atom stereocenters. The monoisotopic (exact) mass is 310 g/mol. The van der Waals surface area contributed by atoms with E-state index in [-0.39, 0.29) is 6.54 Å². The average Bonchev–Trinajstić information content (AvgIpc) is 3.13. The van der Waals surface area contributed by atoms with Crippen molar-refractivity contribution in [1.29, 1.82) is 0 Å². The number of nitrogens with zero attached hydrogens (tertiary/aromatic N) is 4. The Morgan fingerprint density at radius 2 is 2.29 bits per heavy atom. The molecule has 0 spiro atoms. The van der Waals surface area contributed by atoms with Crippen LogP contribution < -0.4 is 5.32 Å². The fourth-order valence-corrected chi connectivity index (χ4v) is 3.73. The molecule has 0 bridgehead atoms. The highest BCUT2D eigenvalue weighted by molar-refractivity contribution is 7.89. The zero-order chi connectivity index (χ0) is 14.9. The van der Waals surface area contributed by atoms with Crippen LogP contribution in [-0.4, -0.2) is 45.6 Å². The second-order valence-corrected chi connectivity index (χ2v) is 6.86. The van der Waals surface area contributed by atoms with E-state index in [0.29, 0.717) is 30.4 Å². The van der Waals surface area contributed by atoms with Crippen LogP contribution in [0.3, 0.4) is 0 Å². The maximum Gasteiger partial charge on any atom is 0.245 e. The van der Waals surface area contributed by atoms with Gasteiger partial charge in [0.05, 0.1) is 11.4 Å². The van der Waals surface area contributed by atoms with Crippen LogP contribution in [0.4, 0.5) is 0 Å². The molecule has 1 aliphatic rings. The lowest BCUT2D eigenvalue weighted by molar-refractivity contribution is 0.335. The molecule has 21 heavy (non-hydrogen) atoms. The minimum absolute atomic E-state index is 0.260. The van der Waals surface area contributed by atoms with E-state index in [2.05, 4.69) is 20.5 Å². The lowest BCUT2D eigenvalue weighted by atomic mass is 10.4. The molecule has 0 aromatic carbocycles. The number of aromatic nitrogens is 4. The molecular formula is C12H18N6O2S. The van der Waals surface area contributed by atoms with Gasteiger partial charge in [-0.2, -0.15) is 4.31 Å². The summed E-state index contributed by atoms with van der Waals surface area (Å²) in [6.45, 7) is 4.74. The van der Waals surface area contributed by atoms with E-state index in [1.807, 2.05) is 11.5 Å². The Kier molecular flexibility index (Phi) is 3.79. The van der Waals surface area contributed by atoms with Crippen molar-refractivity contribution in [2.24, 2.45) is 0 Å². The molecule has 114 valence electrons. The Labute approximate surface area is 123 Å². The number of fused-ring (bicyclic) bond motifs is 1. The lowest BCUT2D eigenvalue weighted by Crippen LogP contribution is -2.38. The van der Waals surface area contributed by atoms with Crippen LogP contribution in [0.1, 0.15) is 18.4 Å². The summed E-state index contributed by atoms with van der Waals surface area (Å²) in [5.74, 6) is 0.674. The molecule has 0 atom stereocenters. The van der Waals surface area contributed by atoms with Gasteiger partial charge in [0.2, 0.25) is 10.0 Å². The van der Waals surface area contributed by atoms with Gasteiger partial charge in [0.1, 0.15) is 12.2 Å². The standard InChI is InChI=1S/C12H18N6O2S/c1-2-13-6-10-5-11(7-14-10)21(19,20)18-4-3-17-9-15-16-12(17)8-18/h5,7,9,13-14H,2-4,6,8H2,1H3. The summed E-state index contributed by atoms with van der Waals surface area (Å²) in [7, 11) is -3.49. The number of hydrogen-bond acceptors (Lipinski definition) is 5. The molecule has 1 aliphatic heterocycles. The Bertz CT molecular complexity index is 720. The second kappa shape index (κ2) is 5.58. The van der Waals surface area contributed by atoms with Crippen molar-refractivity contribution in [3.05, 3.63) is 30.1 Å². The first-order chi connectivity index (χ1) is 10.1. The second-order valence-electron chi connectivity index (χ2n) is 4.92. The number of sulfonamides is 1. The predicted octanol–water partition coefficient (Wildman–Crippen LogP) is -0.0798. The molecular weight excluding hydrogens is 292 g/mol. The molecule has 0 aliphatic carbocycles. The van der Waals surface area contributed by atoms with Gasteiger partial charge in [-0.15, -0.1) is 10.2 Å². The summed E-state index contributed by atoms with van der Waals surface area (Å²) >= 11 is 0. The van der Waals surface area contributed by atoms with Crippen molar-refractivity contribution in [2.45, 2.75) is 31.5 Å². The smallest absolute Gasteiger partial charge is 0.245 e. The summed E-state index contributed by atoms with van der Waals surface area (Å²) in [5, 5.41) is 10.9. The van der Waals surface area contributed by atoms with Gasteiger partial charge in [0, 0.05) is 31.5 Å². The van der Waals surface area contributed by atoms with E-state index in [4.69, 9.17) is 0 Å². The van der Waals surface area contributed by atoms with Crippen LogP contribution in [0.2, 0.25) is 0 Å². The SMILES string of the molecule is CCNCc1cc(S(=O)(=O)N2CCn3cnnc3C2)c[nH]1. The number of nitrogens with one attached hydrogen (secondary N) is 2. The minimum atomic E-state index is -3.49. The molecule has 0 fully saturated rings. The van der Waals surface area contributed by atoms with Crippen LogP contribution in [0.15, 0.2) is 23.5 Å². The highest BCUT2D eigenvalue weighted by Gasteiger charge is 2.29. The van der Waals surface area contributed by atoms with Crippen LogP contribution >= 0.6 is 0 Å². The van der Waals surface area contributed by atoms with Crippen molar-refractivity contribution in [3.63, 3.8) is 0 Å². The van der Waals surface area contributed by atoms with E-state index < -0.39 is 10.0 Å². The zero-order valence-electron chi connectivity index (χ0n) is 11.8. The van der Waals surface area contributed by atoms with Crippen molar-refractivity contribution in [3.8, 4) is 0 Å². The third-order valence-corrected chi connectivity index (χ3v) is 5.35. The molecule has 0 saturated heterocycles. The van der Waals surface area contributed by atoms with E-state index >= 15 is 0 Å². The molecule has 0 amide bonds. The van der Waals surface area contributed by atoms with E-state index in [1.165, 1.54) is 4.31 Å². The van der Waals surface area contributed by atoms with Gasteiger partial charge in [-0.3, -0.25) is 0 Å². The highest BCUT2D eigenvalue weighted by Crippen LogP contribution is 2.21. The maximum absolute atomic E-state index is 12.6. The maximum atomic E-state index is 12.6. The Morgan fingerprint density at radius 1 is 1.43 bits per heavy atom. The van der Waals surface area contributed by atoms with Gasteiger partial charge in [-0.1, -0.05) is 6.92 Å². The molecule has 2 aromatic rings. The van der Waals surface area contributed by atoms with Crippen molar-refractivity contribution >= 4 is 10.0 Å². The first-order valence-electron chi connectivity index (χ1n) is 6.86. The molecule has 0 radical (unpaired) electrons. The van der Waals surface area contributed by atoms with Crippen molar-refractivity contribution < 1.29 is 8.42 Å². The van der Waals surface area contributed by atoms with Crippen molar-refractivity contribution in [1.82, 2.24) is 29.4 Å². The lowest BCUT2D eigenvalue weighted by Gasteiger charge is -2.25. The van der Waals surface area contributed by atoms with Gasteiger partial charge in [0.25, 0.3) is 0 Å². The fourth-order valence-electron chi connectivity index (χ4n) is 2.33. The molecule has 0 saturated carbocycles. The first kappa shape index (κ1) is 14.2. The summed E-state index contributed by atoms with van der Waals surface area (Å²) < 4.78 is 28.6. The highest BCUT2D eigenvalue weighted by atomic mass is 32.2. The first-order valence-corrected chi connectivity index (χ1v) is 8.30. The van der Waals surface area contributed by atoms with Gasteiger partial charge >= 0.3 is 0 Å². The Morgan fingerprint density at radius 3 is 3.10 bits per heavy atom. The van der Waals surface area contributed by atoms with Gasteiger partial charge in [-0.05, 0) is 12.6 Å². The number of rotatable bonds is 5. The Hall–Kier alpha value is -1.71. The van der Waals surface area contributed by atoms with Crippen molar-refractivity contribution in [2.75, 3.05) is 13.1 Å². The number of aromatic amines is 1. The van der Waals surface area contributed by atoms with E-state index in [1.54, 1.807) is 18.6 Å². The summed E-state index contributed by atoms with van der Waals surface area (Å²) in [4.78, 5) is 3.29. The third-order valence-electron chi connectivity index (χ3n) is 3.52. The molecule has 2 aromatic heterocycles. The minimum Gasteiger partial charge on any atom is -0.363 e. The number of H-pyrrole nitrogens is 1. The summed E-state index contributed by atoms with van der Waals surface area (Å²) in [6.07, 6.45) is 3.17. The van der Waals surface area contributed by atoms with Crippen LogP contribution in [-0.2, 0) is 29.7 Å². The van der Waals surface area contributed by atoms with Crippen LogP contribution in [0.5, 0.6) is 0 Å². The fraction of sp³-hybridized carbons (Fsp3) is 0.500. The van der Waals surface area contributed by atoms with Gasteiger partial charge < -0.3 is 14.9 Å². The molecule has 2 N–H and O–H groups in total. The van der Waals surface area contributed by atoms with E-state index in [0.717, 1.165) is 12.2 Å².